The van der Waals surface area contributed by atoms with E-state index in [1.165, 1.54) is 24.0 Å². The summed E-state index contributed by atoms with van der Waals surface area (Å²) in [6.07, 6.45) is 4.47. The molecule has 0 aliphatic carbocycles. The van der Waals surface area contributed by atoms with Crippen molar-refractivity contribution in [2.24, 2.45) is 5.73 Å². The number of unbranched alkanes of at least 4 members (excludes halogenated alkanes) is 3. The lowest BCUT2D eigenvalue weighted by Gasteiger charge is -2.17. The van der Waals surface area contributed by atoms with Gasteiger partial charge in [0.25, 0.3) is 0 Å². The topological polar surface area (TPSA) is 49.5 Å². The molecule has 0 aromatic heterocycles. The first-order chi connectivity index (χ1) is 8.76. The van der Waals surface area contributed by atoms with Crippen LogP contribution in [0.15, 0.2) is 24.3 Å². The van der Waals surface area contributed by atoms with E-state index in [-0.39, 0.29) is 0 Å². The summed E-state index contributed by atoms with van der Waals surface area (Å²) in [4.78, 5) is 2.34. The van der Waals surface area contributed by atoms with Crippen LogP contribution in [0, 0.1) is 0 Å². The van der Waals surface area contributed by atoms with Crippen molar-refractivity contribution in [3.05, 3.63) is 35.4 Å². The molecular weight excluding hydrogens is 224 g/mol. The van der Waals surface area contributed by atoms with Gasteiger partial charge >= 0.3 is 0 Å². The highest BCUT2D eigenvalue weighted by atomic mass is 16.2. The second kappa shape index (κ2) is 9.09. The van der Waals surface area contributed by atoms with E-state index < -0.39 is 0 Å². The van der Waals surface area contributed by atoms with Crippen molar-refractivity contribution in [1.82, 2.24) is 4.90 Å². The van der Waals surface area contributed by atoms with Crippen molar-refractivity contribution in [3.63, 3.8) is 0 Å². The molecule has 0 bridgehead atoms. The van der Waals surface area contributed by atoms with Crippen molar-refractivity contribution in [1.29, 1.82) is 0 Å². The zero-order chi connectivity index (χ0) is 13.2. The lowest BCUT2D eigenvalue weighted by atomic mass is 10.1. The van der Waals surface area contributed by atoms with Crippen LogP contribution in [-0.4, -0.2) is 30.2 Å². The molecule has 0 amide bonds. The fourth-order valence-corrected chi connectivity index (χ4v) is 2.09. The number of nitrogens with two attached hydrogens (primary N) is 1. The van der Waals surface area contributed by atoms with Gasteiger partial charge in [0, 0.05) is 19.7 Å². The van der Waals surface area contributed by atoms with E-state index in [2.05, 4.69) is 36.2 Å². The van der Waals surface area contributed by atoms with E-state index in [0.717, 1.165) is 25.9 Å². The highest BCUT2D eigenvalue weighted by molar-refractivity contribution is 5.23. The minimum Gasteiger partial charge on any atom is -0.396 e. The molecule has 0 spiro atoms. The molecule has 0 aliphatic rings. The molecule has 0 saturated heterocycles. The quantitative estimate of drug-likeness (QED) is 0.660. The zero-order valence-electron chi connectivity index (χ0n) is 11.4. The largest absolute Gasteiger partial charge is 0.396 e. The third-order valence-corrected chi connectivity index (χ3v) is 3.13. The summed E-state index contributed by atoms with van der Waals surface area (Å²) in [5, 5.41) is 8.70. The van der Waals surface area contributed by atoms with Crippen molar-refractivity contribution >= 4 is 0 Å². The lowest BCUT2D eigenvalue weighted by molar-refractivity contribution is 0.277. The third-order valence-electron chi connectivity index (χ3n) is 3.13. The Balaban J connectivity index is 2.24. The lowest BCUT2D eigenvalue weighted by Crippen LogP contribution is -2.19. The monoisotopic (exact) mass is 250 g/mol. The SMILES string of the molecule is CN(CCCCCCO)Cc1cccc(CN)c1. The predicted molar refractivity (Wildman–Crippen MR) is 76.2 cm³/mol. The summed E-state index contributed by atoms with van der Waals surface area (Å²) >= 11 is 0. The van der Waals surface area contributed by atoms with Gasteiger partial charge in [0.2, 0.25) is 0 Å². The summed E-state index contributed by atoms with van der Waals surface area (Å²) in [6.45, 7) is 3.02. The average Bonchev–Trinajstić information content (AvgIpc) is 2.38. The molecule has 1 aromatic rings. The summed E-state index contributed by atoms with van der Waals surface area (Å²) in [6, 6.07) is 8.48. The normalized spacial score (nSPS) is 11.1. The highest BCUT2D eigenvalue weighted by Gasteiger charge is 2.01. The summed E-state index contributed by atoms with van der Waals surface area (Å²) in [5.74, 6) is 0. The molecule has 0 radical (unpaired) electrons. The van der Waals surface area contributed by atoms with Gasteiger partial charge in [-0.15, -0.1) is 0 Å². The Morgan fingerprint density at radius 3 is 2.56 bits per heavy atom. The molecule has 0 saturated carbocycles. The Morgan fingerprint density at radius 2 is 1.83 bits per heavy atom. The number of hydrogen-bond donors (Lipinski definition) is 2. The molecular formula is C15H26N2O. The van der Waals surface area contributed by atoms with Gasteiger partial charge < -0.3 is 15.7 Å². The number of rotatable bonds is 9. The standard InChI is InChI=1S/C15H26N2O/c1-17(9-4-2-3-5-10-18)13-15-8-6-7-14(11-15)12-16/h6-8,11,18H,2-5,9-10,12-13,16H2,1H3. The van der Waals surface area contributed by atoms with E-state index in [1.807, 2.05) is 0 Å². The van der Waals surface area contributed by atoms with Crippen molar-refractivity contribution in [3.8, 4) is 0 Å². The molecule has 0 fully saturated rings. The number of aliphatic hydroxyl groups excluding tert-OH is 1. The molecule has 0 heterocycles. The summed E-state index contributed by atoms with van der Waals surface area (Å²) in [7, 11) is 2.15. The van der Waals surface area contributed by atoms with Gasteiger partial charge in [-0.25, -0.2) is 0 Å². The Morgan fingerprint density at radius 1 is 1.11 bits per heavy atom. The van der Waals surface area contributed by atoms with Crippen LogP contribution in [0.1, 0.15) is 36.8 Å². The summed E-state index contributed by atoms with van der Waals surface area (Å²) in [5.41, 5.74) is 8.17. The Bertz CT molecular complexity index is 328. The second-order valence-corrected chi connectivity index (χ2v) is 4.90. The van der Waals surface area contributed by atoms with Crippen LogP contribution in [0.25, 0.3) is 0 Å². The first-order valence-electron chi connectivity index (χ1n) is 6.83. The maximum absolute atomic E-state index is 8.70. The highest BCUT2D eigenvalue weighted by Crippen LogP contribution is 2.08. The van der Waals surface area contributed by atoms with E-state index in [1.54, 1.807) is 0 Å². The maximum Gasteiger partial charge on any atom is 0.0431 e. The third kappa shape index (κ3) is 6.15. The van der Waals surface area contributed by atoms with E-state index >= 15 is 0 Å². The molecule has 3 N–H and O–H groups in total. The van der Waals surface area contributed by atoms with Gasteiger partial charge in [-0.05, 0) is 37.6 Å². The van der Waals surface area contributed by atoms with Crippen LogP contribution in [0.3, 0.4) is 0 Å². The van der Waals surface area contributed by atoms with E-state index in [4.69, 9.17) is 10.8 Å². The zero-order valence-corrected chi connectivity index (χ0v) is 11.4. The second-order valence-electron chi connectivity index (χ2n) is 4.90. The average molecular weight is 250 g/mol. The Labute approximate surface area is 111 Å². The Hall–Kier alpha value is -0.900. The molecule has 3 heteroatoms. The number of nitrogens with zero attached hydrogens (tertiary/aromatic N) is 1. The van der Waals surface area contributed by atoms with Gasteiger partial charge in [-0.1, -0.05) is 37.1 Å². The first-order valence-corrected chi connectivity index (χ1v) is 6.83. The van der Waals surface area contributed by atoms with Crippen LogP contribution in [0.4, 0.5) is 0 Å². The fourth-order valence-electron chi connectivity index (χ4n) is 2.09. The molecule has 1 aromatic carbocycles. The van der Waals surface area contributed by atoms with Crippen molar-refractivity contribution < 1.29 is 5.11 Å². The summed E-state index contributed by atoms with van der Waals surface area (Å²) < 4.78 is 0. The van der Waals surface area contributed by atoms with Crippen molar-refractivity contribution in [2.75, 3.05) is 20.2 Å². The predicted octanol–water partition coefficient (Wildman–Crippen LogP) is 2.13. The number of hydrogen-bond acceptors (Lipinski definition) is 3. The van der Waals surface area contributed by atoms with E-state index in [0.29, 0.717) is 13.2 Å². The molecule has 102 valence electrons. The van der Waals surface area contributed by atoms with Crippen LogP contribution < -0.4 is 5.73 Å². The van der Waals surface area contributed by atoms with Crippen LogP contribution in [0.5, 0.6) is 0 Å². The smallest absolute Gasteiger partial charge is 0.0431 e. The number of aliphatic hydroxyl groups is 1. The van der Waals surface area contributed by atoms with Gasteiger partial charge in [0.15, 0.2) is 0 Å². The fraction of sp³-hybridized carbons (Fsp3) is 0.600. The molecule has 3 nitrogen and oxygen atoms in total. The Kier molecular flexibility index (Phi) is 7.65. The molecule has 18 heavy (non-hydrogen) atoms. The molecule has 0 atom stereocenters. The molecule has 1 rings (SSSR count). The maximum atomic E-state index is 8.70. The van der Waals surface area contributed by atoms with E-state index in [9.17, 15) is 0 Å². The number of benzene rings is 1. The van der Waals surface area contributed by atoms with Crippen LogP contribution in [-0.2, 0) is 13.1 Å². The minimum absolute atomic E-state index is 0.321. The molecule has 0 aliphatic heterocycles. The van der Waals surface area contributed by atoms with Gasteiger partial charge in [0.05, 0.1) is 0 Å². The van der Waals surface area contributed by atoms with Gasteiger partial charge in [-0.2, -0.15) is 0 Å². The minimum atomic E-state index is 0.321. The van der Waals surface area contributed by atoms with Crippen LogP contribution in [0.2, 0.25) is 0 Å². The van der Waals surface area contributed by atoms with Crippen molar-refractivity contribution in [2.45, 2.75) is 38.8 Å². The molecule has 0 unspecified atom stereocenters. The van der Waals surface area contributed by atoms with Gasteiger partial charge in [0.1, 0.15) is 0 Å². The first kappa shape index (κ1) is 15.2. The van der Waals surface area contributed by atoms with Gasteiger partial charge in [-0.3, -0.25) is 0 Å². The van der Waals surface area contributed by atoms with Crippen LogP contribution >= 0.6 is 0 Å².